The Morgan fingerprint density at radius 2 is 1.86 bits per heavy atom. The van der Waals surface area contributed by atoms with Gasteiger partial charge in [-0.05, 0) is 37.1 Å². The second-order valence-corrected chi connectivity index (χ2v) is 7.67. The van der Waals surface area contributed by atoms with E-state index in [1.807, 2.05) is 49.4 Å². The molecule has 0 bridgehead atoms. The average molecular weight is 395 g/mol. The van der Waals surface area contributed by atoms with Crippen molar-refractivity contribution in [3.63, 3.8) is 0 Å². The van der Waals surface area contributed by atoms with Gasteiger partial charge in [-0.25, -0.2) is 0 Å². The summed E-state index contributed by atoms with van der Waals surface area (Å²) in [6.07, 6.45) is 4.72. The number of hydrogen-bond donors (Lipinski definition) is 1. The zero-order chi connectivity index (χ0) is 20.8. The summed E-state index contributed by atoms with van der Waals surface area (Å²) in [7, 11) is 0. The van der Waals surface area contributed by atoms with Crippen LogP contribution in [0.25, 0.3) is 0 Å². The van der Waals surface area contributed by atoms with Gasteiger partial charge >= 0.3 is 0 Å². The van der Waals surface area contributed by atoms with Crippen molar-refractivity contribution in [2.75, 3.05) is 11.5 Å². The van der Waals surface area contributed by atoms with Crippen LogP contribution in [0.4, 0.5) is 5.69 Å². The minimum Gasteiger partial charge on any atom is -0.494 e. The SMILES string of the molecule is CCCCCCOc1ccc(CN2C(=O)[C@@H](NC(C)=O)c3cc(C)ccc32)cc1. The first kappa shape index (κ1) is 20.9. The third-order valence-corrected chi connectivity index (χ3v) is 5.18. The third-order valence-electron chi connectivity index (χ3n) is 5.18. The van der Waals surface area contributed by atoms with Gasteiger partial charge in [-0.1, -0.05) is 56.0 Å². The number of rotatable bonds is 9. The first-order valence-electron chi connectivity index (χ1n) is 10.4. The van der Waals surface area contributed by atoms with E-state index in [0.29, 0.717) is 6.54 Å². The Labute approximate surface area is 173 Å². The largest absolute Gasteiger partial charge is 0.494 e. The van der Waals surface area contributed by atoms with E-state index in [1.165, 1.54) is 26.2 Å². The normalized spacial score (nSPS) is 15.3. The van der Waals surface area contributed by atoms with Gasteiger partial charge in [0.2, 0.25) is 5.91 Å². The van der Waals surface area contributed by atoms with Crippen molar-refractivity contribution < 1.29 is 14.3 Å². The van der Waals surface area contributed by atoms with Gasteiger partial charge in [0.25, 0.3) is 5.91 Å². The van der Waals surface area contributed by atoms with E-state index in [1.54, 1.807) is 4.90 Å². The van der Waals surface area contributed by atoms with Crippen molar-refractivity contribution in [3.05, 3.63) is 59.2 Å². The summed E-state index contributed by atoms with van der Waals surface area (Å²) in [5, 5.41) is 2.79. The molecule has 2 amide bonds. The van der Waals surface area contributed by atoms with Crippen LogP contribution >= 0.6 is 0 Å². The van der Waals surface area contributed by atoms with Gasteiger partial charge in [-0.15, -0.1) is 0 Å². The van der Waals surface area contributed by atoms with E-state index < -0.39 is 6.04 Å². The molecule has 0 saturated carbocycles. The smallest absolute Gasteiger partial charge is 0.254 e. The molecule has 3 rings (SSSR count). The lowest BCUT2D eigenvalue weighted by atomic mass is 10.1. The number of fused-ring (bicyclic) bond motifs is 1. The number of amides is 2. The van der Waals surface area contributed by atoms with Crippen molar-refractivity contribution in [1.82, 2.24) is 5.32 Å². The molecule has 0 aromatic heterocycles. The zero-order valence-electron chi connectivity index (χ0n) is 17.5. The number of anilines is 1. The number of ether oxygens (including phenoxy) is 1. The molecule has 0 aliphatic carbocycles. The van der Waals surface area contributed by atoms with Crippen LogP contribution in [0.5, 0.6) is 5.75 Å². The molecule has 0 spiro atoms. The Balaban J connectivity index is 1.68. The summed E-state index contributed by atoms with van der Waals surface area (Å²) < 4.78 is 5.80. The lowest BCUT2D eigenvalue weighted by Crippen LogP contribution is -2.36. The average Bonchev–Trinajstić information content (AvgIpc) is 2.94. The van der Waals surface area contributed by atoms with Crippen molar-refractivity contribution in [1.29, 1.82) is 0 Å². The quantitative estimate of drug-likeness (QED) is 0.628. The Morgan fingerprint density at radius 1 is 1.10 bits per heavy atom. The van der Waals surface area contributed by atoms with E-state index in [4.69, 9.17) is 4.74 Å². The molecule has 2 aromatic carbocycles. The summed E-state index contributed by atoms with van der Waals surface area (Å²) in [5.74, 6) is 0.542. The Kier molecular flexibility index (Phi) is 6.91. The predicted octanol–water partition coefficient (Wildman–Crippen LogP) is 4.68. The van der Waals surface area contributed by atoms with Gasteiger partial charge in [-0.2, -0.15) is 0 Å². The van der Waals surface area contributed by atoms with Crippen LogP contribution in [0.1, 0.15) is 62.3 Å². The van der Waals surface area contributed by atoms with Gasteiger partial charge in [0.05, 0.1) is 13.2 Å². The first-order valence-corrected chi connectivity index (χ1v) is 10.4. The second kappa shape index (κ2) is 9.59. The van der Waals surface area contributed by atoms with Crippen LogP contribution in [-0.4, -0.2) is 18.4 Å². The number of nitrogens with zero attached hydrogens (tertiary/aromatic N) is 1. The van der Waals surface area contributed by atoms with Crippen LogP contribution in [0, 0.1) is 6.92 Å². The van der Waals surface area contributed by atoms with Gasteiger partial charge < -0.3 is 15.0 Å². The molecule has 0 saturated heterocycles. The molecule has 1 aliphatic rings. The summed E-state index contributed by atoms with van der Waals surface area (Å²) in [5.41, 5.74) is 3.80. The number of carbonyl (C=O) groups excluding carboxylic acids is 2. The molecule has 5 nitrogen and oxygen atoms in total. The summed E-state index contributed by atoms with van der Waals surface area (Å²) >= 11 is 0. The lowest BCUT2D eigenvalue weighted by Gasteiger charge is -2.18. The monoisotopic (exact) mass is 394 g/mol. The van der Waals surface area contributed by atoms with Crippen LogP contribution < -0.4 is 15.0 Å². The Bertz CT molecular complexity index is 861. The number of benzene rings is 2. The summed E-state index contributed by atoms with van der Waals surface area (Å²) in [6, 6.07) is 13.2. The number of hydrogen-bond acceptors (Lipinski definition) is 3. The molecule has 154 valence electrons. The fraction of sp³-hybridized carbons (Fsp3) is 0.417. The molecule has 5 heteroatoms. The van der Waals surface area contributed by atoms with Crippen molar-refractivity contribution in [2.24, 2.45) is 0 Å². The number of aryl methyl sites for hydroxylation is 1. The Morgan fingerprint density at radius 3 is 2.55 bits per heavy atom. The second-order valence-electron chi connectivity index (χ2n) is 7.67. The van der Waals surface area contributed by atoms with Gasteiger partial charge in [-0.3, -0.25) is 9.59 Å². The molecule has 1 N–H and O–H groups in total. The highest BCUT2D eigenvalue weighted by molar-refractivity contribution is 6.06. The fourth-order valence-electron chi connectivity index (χ4n) is 3.66. The summed E-state index contributed by atoms with van der Waals surface area (Å²) in [6.45, 7) is 6.81. The maximum absolute atomic E-state index is 13.0. The molecular formula is C24H30N2O3. The number of nitrogens with one attached hydrogen (secondary N) is 1. The summed E-state index contributed by atoms with van der Waals surface area (Å²) in [4.78, 5) is 26.3. The number of unbranched alkanes of at least 4 members (excludes halogenated alkanes) is 3. The highest BCUT2D eigenvalue weighted by atomic mass is 16.5. The molecule has 0 fully saturated rings. The van der Waals surface area contributed by atoms with Crippen LogP contribution in [0.3, 0.4) is 0 Å². The number of carbonyl (C=O) groups is 2. The molecule has 29 heavy (non-hydrogen) atoms. The van der Waals surface area contributed by atoms with Crippen LogP contribution in [0.2, 0.25) is 0 Å². The maximum Gasteiger partial charge on any atom is 0.254 e. The van der Waals surface area contributed by atoms with Crippen molar-refractivity contribution in [3.8, 4) is 5.75 Å². The molecule has 0 radical (unpaired) electrons. The van der Waals surface area contributed by atoms with Crippen molar-refractivity contribution >= 4 is 17.5 Å². The van der Waals surface area contributed by atoms with Gasteiger partial charge in [0.1, 0.15) is 11.8 Å². The topological polar surface area (TPSA) is 58.6 Å². The fourth-order valence-corrected chi connectivity index (χ4v) is 3.66. The van der Waals surface area contributed by atoms with E-state index in [2.05, 4.69) is 12.2 Å². The highest BCUT2D eigenvalue weighted by Gasteiger charge is 2.37. The molecule has 1 atom stereocenters. The third kappa shape index (κ3) is 5.17. The van der Waals surface area contributed by atoms with E-state index in [9.17, 15) is 9.59 Å². The minimum atomic E-state index is -0.617. The zero-order valence-corrected chi connectivity index (χ0v) is 17.5. The lowest BCUT2D eigenvalue weighted by molar-refractivity contribution is -0.126. The van der Waals surface area contributed by atoms with Crippen LogP contribution in [0.15, 0.2) is 42.5 Å². The molecule has 2 aromatic rings. The molecular weight excluding hydrogens is 364 g/mol. The van der Waals surface area contributed by atoms with E-state index in [0.717, 1.165) is 41.2 Å². The van der Waals surface area contributed by atoms with Crippen LogP contribution in [-0.2, 0) is 16.1 Å². The standard InChI is InChI=1S/C24H30N2O3/c1-4-5-6-7-14-29-20-11-9-19(10-12-20)16-26-22-13-8-17(2)15-21(22)23(24(26)28)25-18(3)27/h8-13,15,23H,4-7,14,16H2,1-3H3,(H,25,27)/t23-/m0/s1. The molecule has 1 aliphatic heterocycles. The van der Waals surface area contributed by atoms with Gasteiger partial charge in [0.15, 0.2) is 0 Å². The van der Waals surface area contributed by atoms with E-state index >= 15 is 0 Å². The maximum atomic E-state index is 13.0. The molecule has 0 unspecified atom stereocenters. The first-order chi connectivity index (χ1) is 14.0. The highest BCUT2D eigenvalue weighted by Crippen LogP contribution is 2.37. The van der Waals surface area contributed by atoms with Crippen molar-refractivity contribution in [2.45, 2.75) is 59.0 Å². The Hall–Kier alpha value is -2.82. The van der Waals surface area contributed by atoms with E-state index in [-0.39, 0.29) is 11.8 Å². The minimum absolute atomic E-state index is 0.1000. The molecule has 1 heterocycles. The predicted molar refractivity (Wildman–Crippen MR) is 115 cm³/mol. The van der Waals surface area contributed by atoms with Gasteiger partial charge in [0, 0.05) is 18.2 Å².